The van der Waals surface area contributed by atoms with Crippen molar-refractivity contribution < 1.29 is 14.3 Å². The number of carbonyl (C=O) groups excluding carboxylic acids is 2. The molecule has 6 nitrogen and oxygen atoms in total. The summed E-state index contributed by atoms with van der Waals surface area (Å²) in [6.45, 7) is 4.70. The van der Waals surface area contributed by atoms with Crippen molar-refractivity contribution in [2.24, 2.45) is 5.92 Å². The van der Waals surface area contributed by atoms with Gasteiger partial charge < -0.3 is 14.5 Å². The second-order valence-electron chi connectivity index (χ2n) is 7.15. The third kappa shape index (κ3) is 4.54. The number of hydrogen-bond acceptors (Lipinski definition) is 4. The average molecular weight is 359 g/mol. The smallest absolute Gasteiger partial charge is 0.259 e. The van der Waals surface area contributed by atoms with E-state index >= 15 is 0 Å². The minimum Gasteiger partial charge on any atom is -0.477 e. The molecule has 142 valence electrons. The van der Waals surface area contributed by atoms with Gasteiger partial charge in [-0.15, -0.1) is 0 Å². The van der Waals surface area contributed by atoms with Gasteiger partial charge >= 0.3 is 0 Å². The number of ether oxygens (including phenoxy) is 1. The number of nitrogens with zero attached hydrogens (tertiary/aromatic N) is 3. The molecule has 2 amide bonds. The topological polar surface area (TPSA) is 62.7 Å². The lowest BCUT2D eigenvalue weighted by Crippen LogP contribution is -2.50. The molecule has 2 fully saturated rings. The van der Waals surface area contributed by atoms with E-state index in [1.165, 1.54) is 25.7 Å². The fourth-order valence-corrected chi connectivity index (χ4v) is 3.92. The molecule has 1 saturated heterocycles. The second-order valence-corrected chi connectivity index (χ2v) is 7.15. The summed E-state index contributed by atoms with van der Waals surface area (Å²) in [6.07, 6.45) is 8.49. The standard InChI is InChI=1S/C20H29N3O3/c1-2-26-19-17(8-5-11-21-19)20(25)23-14-12-22(13-15-23)18(24)10-9-16-6-3-4-7-16/h5,8,11,16H,2-4,6-7,9-10,12-15H2,1H3. The van der Waals surface area contributed by atoms with Crippen LogP contribution in [0.4, 0.5) is 0 Å². The molecular weight excluding hydrogens is 330 g/mol. The molecule has 1 aliphatic heterocycles. The molecule has 0 bridgehead atoms. The van der Waals surface area contributed by atoms with E-state index in [0.717, 1.165) is 12.3 Å². The van der Waals surface area contributed by atoms with E-state index in [1.54, 1.807) is 23.2 Å². The van der Waals surface area contributed by atoms with Crippen LogP contribution in [-0.2, 0) is 4.79 Å². The maximum Gasteiger partial charge on any atom is 0.259 e. The Kier molecular flexibility index (Phi) is 6.47. The van der Waals surface area contributed by atoms with E-state index in [1.807, 2.05) is 11.8 Å². The van der Waals surface area contributed by atoms with Crippen molar-refractivity contribution in [3.05, 3.63) is 23.9 Å². The Hall–Kier alpha value is -2.11. The largest absolute Gasteiger partial charge is 0.477 e. The molecule has 0 radical (unpaired) electrons. The summed E-state index contributed by atoms with van der Waals surface area (Å²) in [5, 5.41) is 0. The van der Waals surface area contributed by atoms with E-state index in [4.69, 9.17) is 4.74 Å². The van der Waals surface area contributed by atoms with Crippen molar-refractivity contribution in [1.82, 2.24) is 14.8 Å². The first kappa shape index (κ1) is 18.7. The zero-order chi connectivity index (χ0) is 18.4. The van der Waals surface area contributed by atoms with Crippen molar-refractivity contribution in [3.63, 3.8) is 0 Å². The van der Waals surface area contributed by atoms with Gasteiger partial charge in [-0.3, -0.25) is 9.59 Å². The molecule has 0 atom stereocenters. The van der Waals surface area contributed by atoms with Crippen molar-refractivity contribution in [1.29, 1.82) is 0 Å². The fraction of sp³-hybridized carbons (Fsp3) is 0.650. The van der Waals surface area contributed by atoms with Gasteiger partial charge in [-0.25, -0.2) is 4.98 Å². The maximum atomic E-state index is 12.8. The number of carbonyl (C=O) groups is 2. The second kappa shape index (κ2) is 9.01. The summed E-state index contributed by atoms with van der Waals surface area (Å²) in [7, 11) is 0. The van der Waals surface area contributed by atoms with Crippen molar-refractivity contribution >= 4 is 11.8 Å². The molecular formula is C20H29N3O3. The Bertz CT molecular complexity index is 620. The van der Waals surface area contributed by atoms with E-state index in [-0.39, 0.29) is 11.8 Å². The van der Waals surface area contributed by atoms with Crippen LogP contribution in [0.1, 0.15) is 55.8 Å². The SMILES string of the molecule is CCOc1ncccc1C(=O)N1CCN(C(=O)CCC2CCCC2)CC1. The summed E-state index contributed by atoms with van der Waals surface area (Å²) in [4.78, 5) is 33.1. The van der Waals surface area contributed by atoms with Gasteiger partial charge in [0.15, 0.2) is 0 Å². The molecule has 0 unspecified atom stereocenters. The minimum absolute atomic E-state index is 0.0698. The number of piperazine rings is 1. The maximum absolute atomic E-state index is 12.8. The van der Waals surface area contributed by atoms with Crippen LogP contribution in [0.2, 0.25) is 0 Å². The van der Waals surface area contributed by atoms with Gasteiger partial charge in [0.2, 0.25) is 11.8 Å². The third-order valence-electron chi connectivity index (χ3n) is 5.44. The molecule has 2 aliphatic rings. The molecule has 6 heteroatoms. The zero-order valence-corrected chi connectivity index (χ0v) is 15.7. The van der Waals surface area contributed by atoms with E-state index in [0.29, 0.717) is 50.7 Å². The van der Waals surface area contributed by atoms with E-state index in [9.17, 15) is 9.59 Å². The molecule has 1 aromatic rings. The van der Waals surface area contributed by atoms with Gasteiger partial charge in [-0.1, -0.05) is 25.7 Å². The Balaban J connectivity index is 1.50. The molecule has 26 heavy (non-hydrogen) atoms. The first-order chi connectivity index (χ1) is 12.7. The molecule has 1 saturated carbocycles. The quantitative estimate of drug-likeness (QED) is 0.783. The van der Waals surface area contributed by atoms with Gasteiger partial charge in [0.1, 0.15) is 5.56 Å². The molecule has 1 aromatic heterocycles. The first-order valence-corrected chi connectivity index (χ1v) is 9.84. The van der Waals surface area contributed by atoms with Crippen molar-refractivity contribution in [2.75, 3.05) is 32.8 Å². The van der Waals surface area contributed by atoms with Crippen LogP contribution in [0.5, 0.6) is 5.88 Å². The van der Waals surface area contributed by atoms with Crippen molar-refractivity contribution in [3.8, 4) is 5.88 Å². The van der Waals surface area contributed by atoms with Crippen molar-refractivity contribution in [2.45, 2.75) is 45.4 Å². The zero-order valence-electron chi connectivity index (χ0n) is 15.7. The lowest BCUT2D eigenvalue weighted by molar-refractivity contribution is -0.133. The van der Waals surface area contributed by atoms with Crippen LogP contribution in [0.25, 0.3) is 0 Å². The number of aromatic nitrogens is 1. The number of rotatable bonds is 6. The molecule has 0 spiro atoms. The highest BCUT2D eigenvalue weighted by Crippen LogP contribution is 2.28. The summed E-state index contributed by atoms with van der Waals surface area (Å²) >= 11 is 0. The summed E-state index contributed by atoms with van der Waals surface area (Å²) < 4.78 is 5.47. The summed E-state index contributed by atoms with van der Waals surface area (Å²) in [5.74, 6) is 1.29. The van der Waals surface area contributed by atoms with Gasteiger partial charge in [-0.05, 0) is 31.4 Å². The number of pyridine rings is 1. The Morgan fingerprint density at radius 3 is 2.54 bits per heavy atom. The van der Waals surface area contributed by atoms with Gasteiger partial charge in [-0.2, -0.15) is 0 Å². The van der Waals surface area contributed by atoms with Crippen LogP contribution < -0.4 is 4.74 Å². The van der Waals surface area contributed by atoms with Crippen LogP contribution in [0.3, 0.4) is 0 Å². The molecule has 0 N–H and O–H groups in total. The van der Waals surface area contributed by atoms with Gasteiger partial charge in [0, 0.05) is 38.8 Å². The third-order valence-corrected chi connectivity index (χ3v) is 5.44. The molecule has 3 rings (SSSR count). The number of amides is 2. The van der Waals surface area contributed by atoms with Crippen LogP contribution >= 0.6 is 0 Å². The van der Waals surface area contributed by atoms with Crippen LogP contribution in [0, 0.1) is 5.92 Å². The predicted molar refractivity (Wildman–Crippen MR) is 99.1 cm³/mol. The number of hydrogen-bond donors (Lipinski definition) is 0. The highest BCUT2D eigenvalue weighted by atomic mass is 16.5. The highest BCUT2D eigenvalue weighted by molar-refractivity contribution is 5.96. The van der Waals surface area contributed by atoms with Crippen LogP contribution in [-0.4, -0.2) is 59.4 Å². The monoisotopic (exact) mass is 359 g/mol. The van der Waals surface area contributed by atoms with E-state index < -0.39 is 0 Å². The minimum atomic E-state index is -0.0698. The van der Waals surface area contributed by atoms with Gasteiger partial charge in [0.25, 0.3) is 5.91 Å². The Morgan fingerprint density at radius 2 is 1.85 bits per heavy atom. The lowest BCUT2D eigenvalue weighted by Gasteiger charge is -2.35. The fourth-order valence-electron chi connectivity index (χ4n) is 3.92. The average Bonchev–Trinajstić information content (AvgIpc) is 3.20. The molecule has 2 heterocycles. The summed E-state index contributed by atoms with van der Waals surface area (Å²) in [5.41, 5.74) is 0.496. The van der Waals surface area contributed by atoms with Crippen LogP contribution in [0.15, 0.2) is 18.3 Å². The Morgan fingerprint density at radius 1 is 1.15 bits per heavy atom. The molecule has 0 aromatic carbocycles. The van der Waals surface area contributed by atoms with Gasteiger partial charge in [0.05, 0.1) is 6.61 Å². The first-order valence-electron chi connectivity index (χ1n) is 9.84. The Labute approximate surface area is 155 Å². The van der Waals surface area contributed by atoms with E-state index in [2.05, 4.69) is 4.98 Å². The highest BCUT2D eigenvalue weighted by Gasteiger charge is 2.27. The summed E-state index contributed by atoms with van der Waals surface area (Å²) in [6, 6.07) is 3.50. The molecule has 1 aliphatic carbocycles. The normalized spacial score (nSPS) is 18.2. The predicted octanol–water partition coefficient (Wildman–Crippen LogP) is 2.74. The lowest BCUT2D eigenvalue weighted by atomic mass is 10.0.